The molecule has 0 aliphatic rings. The highest BCUT2D eigenvalue weighted by Crippen LogP contribution is 2.20. The van der Waals surface area contributed by atoms with Gasteiger partial charge in [-0.3, -0.25) is 5.43 Å². The van der Waals surface area contributed by atoms with Crippen LogP contribution < -0.4 is 10.2 Å². The van der Waals surface area contributed by atoms with Gasteiger partial charge in [-0.05, 0) is 48.0 Å². The van der Waals surface area contributed by atoms with Crippen LogP contribution in [0.2, 0.25) is 0 Å². The topological polar surface area (TPSA) is 33.6 Å². The molecule has 3 rings (SSSR count). The molecule has 0 aliphatic heterocycles. The number of halogens is 3. The van der Waals surface area contributed by atoms with E-state index >= 15 is 0 Å². The first-order chi connectivity index (χ1) is 12.6. The van der Waals surface area contributed by atoms with Gasteiger partial charge in [0.1, 0.15) is 18.2 Å². The third-order valence-electron chi connectivity index (χ3n) is 3.54. The van der Waals surface area contributed by atoms with E-state index in [2.05, 4.69) is 10.5 Å². The monoisotopic (exact) mass is 356 g/mol. The minimum atomic E-state index is -0.735. The van der Waals surface area contributed by atoms with Crippen molar-refractivity contribution >= 4 is 11.9 Å². The molecular formula is C20H15F3N2O. The van der Waals surface area contributed by atoms with Gasteiger partial charge in [0.15, 0.2) is 11.6 Å². The van der Waals surface area contributed by atoms with E-state index in [0.29, 0.717) is 5.56 Å². The molecule has 0 saturated heterocycles. The van der Waals surface area contributed by atoms with E-state index in [4.69, 9.17) is 4.74 Å². The Morgan fingerprint density at radius 1 is 0.885 bits per heavy atom. The van der Waals surface area contributed by atoms with E-state index in [1.165, 1.54) is 24.4 Å². The lowest BCUT2D eigenvalue weighted by Gasteiger charge is -2.08. The Morgan fingerprint density at radius 2 is 1.69 bits per heavy atom. The van der Waals surface area contributed by atoms with Crippen LogP contribution in [0.5, 0.6) is 5.75 Å². The lowest BCUT2D eigenvalue weighted by atomic mass is 10.2. The Kier molecular flexibility index (Phi) is 5.53. The van der Waals surface area contributed by atoms with Crippen LogP contribution in [0.4, 0.5) is 18.9 Å². The van der Waals surface area contributed by atoms with Gasteiger partial charge in [-0.15, -0.1) is 0 Å². The number of ether oxygens (including phenoxy) is 1. The minimum absolute atomic E-state index is 0.0260. The smallest absolute Gasteiger partial charge is 0.165 e. The normalized spacial score (nSPS) is 10.9. The van der Waals surface area contributed by atoms with Crippen molar-refractivity contribution in [2.24, 2.45) is 5.10 Å². The summed E-state index contributed by atoms with van der Waals surface area (Å²) in [5.41, 5.74) is 4.31. The lowest BCUT2D eigenvalue weighted by Crippen LogP contribution is -2.01. The molecule has 0 fully saturated rings. The summed E-state index contributed by atoms with van der Waals surface area (Å²) in [6, 6.07) is 16.8. The van der Waals surface area contributed by atoms with Crippen molar-refractivity contribution in [3.05, 3.63) is 95.3 Å². The molecule has 6 heteroatoms. The average Bonchev–Trinajstić information content (AvgIpc) is 2.63. The van der Waals surface area contributed by atoms with Crippen molar-refractivity contribution in [2.75, 3.05) is 5.43 Å². The number of benzene rings is 3. The molecule has 0 amide bonds. The molecule has 0 bridgehead atoms. The number of hydrogen-bond acceptors (Lipinski definition) is 3. The van der Waals surface area contributed by atoms with Gasteiger partial charge in [-0.1, -0.05) is 18.2 Å². The average molecular weight is 356 g/mol. The van der Waals surface area contributed by atoms with Crippen molar-refractivity contribution in [2.45, 2.75) is 6.61 Å². The number of anilines is 1. The summed E-state index contributed by atoms with van der Waals surface area (Å²) in [6.07, 6.45) is 1.47. The van der Waals surface area contributed by atoms with Crippen molar-refractivity contribution in [3.63, 3.8) is 0 Å². The zero-order chi connectivity index (χ0) is 18.4. The second-order valence-electron chi connectivity index (χ2n) is 5.45. The third kappa shape index (κ3) is 4.63. The van der Waals surface area contributed by atoms with Crippen molar-refractivity contribution in [1.29, 1.82) is 0 Å². The van der Waals surface area contributed by atoms with E-state index in [9.17, 15) is 13.2 Å². The molecule has 0 unspecified atom stereocenters. The van der Waals surface area contributed by atoms with E-state index < -0.39 is 17.5 Å². The van der Waals surface area contributed by atoms with Crippen LogP contribution in [0.25, 0.3) is 0 Å². The number of hydrogen-bond donors (Lipinski definition) is 1. The van der Waals surface area contributed by atoms with Crippen molar-refractivity contribution < 1.29 is 17.9 Å². The van der Waals surface area contributed by atoms with Crippen molar-refractivity contribution in [1.82, 2.24) is 0 Å². The van der Waals surface area contributed by atoms with Gasteiger partial charge >= 0.3 is 0 Å². The Hall–Kier alpha value is -3.28. The van der Waals surface area contributed by atoms with Gasteiger partial charge in [0, 0.05) is 11.6 Å². The summed E-state index contributed by atoms with van der Waals surface area (Å²) in [7, 11) is 0. The predicted octanol–water partition coefficient (Wildman–Crippen LogP) is 5.13. The molecule has 0 atom stereocenters. The van der Waals surface area contributed by atoms with Crippen LogP contribution in [-0.2, 0) is 6.61 Å². The summed E-state index contributed by atoms with van der Waals surface area (Å²) in [6.45, 7) is -0.202. The minimum Gasteiger partial charge on any atom is -0.486 e. The van der Waals surface area contributed by atoms with E-state index in [1.54, 1.807) is 6.07 Å². The molecule has 132 valence electrons. The Labute approximate surface area is 148 Å². The largest absolute Gasteiger partial charge is 0.486 e. The Morgan fingerprint density at radius 3 is 2.42 bits per heavy atom. The molecule has 1 N–H and O–H groups in total. The summed E-state index contributed by atoms with van der Waals surface area (Å²) >= 11 is 0. The Bertz CT molecular complexity index is 914. The van der Waals surface area contributed by atoms with Gasteiger partial charge in [0.2, 0.25) is 0 Å². The van der Waals surface area contributed by atoms with E-state index in [-0.39, 0.29) is 17.9 Å². The zero-order valence-corrected chi connectivity index (χ0v) is 13.6. The van der Waals surface area contributed by atoms with Crippen LogP contribution in [0.3, 0.4) is 0 Å². The maximum absolute atomic E-state index is 14.1. The van der Waals surface area contributed by atoms with Crippen LogP contribution in [0, 0.1) is 17.5 Å². The standard InChI is InChI=1S/C20H15F3N2O/c21-16-8-7-15(18(22)11-16)13-26-20-9-6-14(10-19(20)23)12-24-25-17-4-2-1-3-5-17/h1-12,25H,13H2. The van der Waals surface area contributed by atoms with Gasteiger partial charge in [0.05, 0.1) is 11.9 Å². The van der Waals surface area contributed by atoms with Gasteiger partial charge < -0.3 is 4.74 Å². The molecule has 0 saturated carbocycles. The number of para-hydroxylation sites is 1. The quantitative estimate of drug-likeness (QED) is 0.491. The molecule has 0 radical (unpaired) electrons. The zero-order valence-electron chi connectivity index (χ0n) is 13.6. The fourth-order valence-corrected chi connectivity index (χ4v) is 2.20. The van der Waals surface area contributed by atoms with Crippen LogP contribution >= 0.6 is 0 Å². The summed E-state index contributed by atoms with van der Waals surface area (Å²) in [5, 5.41) is 4.03. The first kappa shape index (κ1) is 17.5. The molecule has 0 aliphatic carbocycles. The molecule has 0 spiro atoms. The lowest BCUT2D eigenvalue weighted by molar-refractivity contribution is 0.284. The molecule has 3 aromatic carbocycles. The number of rotatable bonds is 6. The maximum atomic E-state index is 14.1. The number of nitrogens with one attached hydrogen (secondary N) is 1. The highest BCUT2D eigenvalue weighted by molar-refractivity contribution is 5.80. The molecule has 0 aromatic heterocycles. The molecule has 3 aromatic rings. The highest BCUT2D eigenvalue weighted by Gasteiger charge is 2.08. The predicted molar refractivity (Wildman–Crippen MR) is 94.7 cm³/mol. The molecule has 0 heterocycles. The maximum Gasteiger partial charge on any atom is 0.165 e. The second-order valence-corrected chi connectivity index (χ2v) is 5.45. The van der Waals surface area contributed by atoms with Gasteiger partial charge in [-0.2, -0.15) is 5.10 Å². The van der Waals surface area contributed by atoms with Crippen LogP contribution in [0.1, 0.15) is 11.1 Å². The molecular weight excluding hydrogens is 341 g/mol. The summed E-state index contributed by atoms with van der Waals surface area (Å²) in [5.74, 6) is -2.04. The van der Waals surface area contributed by atoms with Crippen molar-refractivity contribution in [3.8, 4) is 5.75 Å². The van der Waals surface area contributed by atoms with Crippen LogP contribution in [-0.4, -0.2) is 6.21 Å². The summed E-state index contributed by atoms with van der Waals surface area (Å²) in [4.78, 5) is 0. The fraction of sp³-hybridized carbons (Fsp3) is 0.0500. The van der Waals surface area contributed by atoms with Gasteiger partial charge in [-0.25, -0.2) is 13.2 Å². The first-order valence-corrected chi connectivity index (χ1v) is 7.82. The SMILES string of the molecule is Fc1ccc(COc2ccc(C=NNc3ccccc3)cc2F)c(F)c1. The fourth-order valence-electron chi connectivity index (χ4n) is 2.20. The highest BCUT2D eigenvalue weighted by atomic mass is 19.1. The number of nitrogens with zero attached hydrogens (tertiary/aromatic N) is 1. The molecule has 3 nitrogen and oxygen atoms in total. The number of hydrazone groups is 1. The molecule has 26 heavy (non-hydrogen) atoms. The third-order valence-corrected chi connectivity index (χ3v) is 3.54. The van der Waals surface area contributed by atoms with Gasteiger partial charge in [0.25, 0.3) is 0 Å². The second kappa shape index (κ2) is 8.20. The van der Waals surface area contributed by atoms with E-state index in [0.717, 1.165) is 17.8 Å². The first-order valence-electron chi connectivity index (χ1n) is 7.82. The van der Waals surface area contributed by atoms with E-state index in [1.807, 2.05) is 30.3 Å². The van der Waals surface area contributed by atoms with Crippen LogP contribution in [0.15, 0.2) is 71.8 Å². The Balaban J connectivity index is 1.62. The summed E-state index contributed by atoms with van der Waals surface area (Å²) < 4.78 is 45.8.